The predicted molar refractivity (Wildman–Crippen MR) is 61.7 cm³/mol. The van der Waals surface area contributed by atoms with Gasteiger partial charge in [0.05, 0.1) is 6.26 Å². The third kappa shape index (κ3) is 1.33. The lowest BCUT2D eigenvalue weighted by Gasteiger charge is -2.02. The molecule has 2 aromatic carbocycles. The molecular weight excluding hydrogens is 184 g/mol. The van der Waals surface area contributed by atoms with Gasteiger partial charge in [-0.2, -0.15) is 0 Å². The average molecular weight is 194 g/mol. The zero-order valence-electron chi connectivity index (χ0n) is 8.18. The summed E-state index contributed by atoms with van der Waals surface area (Å²) in [4.78, 5) is 0. The van der Waals surface area contributed by atoms with Gasteiger partial charge >= 0.3 is 0 Å². The lowest BCUT2D eigenvalue weighted by Crippen LogP contribution is -1.77. The highest BCUT2D eigenvalue weighted by atomic mass is 16.3. The van der Waals surface area contributed by atoms with Crippen molar-refractivity contribution in [3.05, 3.63) is 60.9 Å². The van der Waals surface area contributed by atoms with Crippen LogP contribution in [0, 0.1) is 0 Å². The zero-order valence-corrected chi connectivity index (χ0v) is 8.18. The summed E-state index contributed by atoms with van der Waals surface area (Å²) in [6.45, 7) is 0. The molecule has 0 aliphatic heterocycles. The van der Waals surface area contributed by atoms with Crippen LogP contribution in [0.2, 0.25) is 0 Å². The van der Waals surface area contributed by atoms with E-state index in [-0.39, 0.29) is 0 Å². The number of hydrogen-bond acceptors (Lipinski definition) is 1. The second kappa shape index (κ2) is 3.28. The van der Waals surface area contributed by atoms with Crippen molar-refractivity contribution in [2.75, 3.05) is 0 Å². The molecule has 0 amide bonds. The summed E-state index contributed by atoms with van der Waals surface area (Å²) < 4.78 is 5.43. The molecule has 72 valence electrons. The Bertz CT molecular complexity index is 574. The second-order valence-electron chi connectivity index (χ2n) is 3.50. The molecule has 1 heteroatoms. The molecule has 0 saturated heterocycles. The van der Waals surface area contributed by atoms with E-state index in [2.05, 4.69) is 36.4 Å². The van der Waals surface area contributed by atoms with Crippen LogP contribution in [0.4, 0.5) is 0 Å². The minimum absolute atomic E-state index is 0.923. The largest absolute Gasteiger partial charge is 0.464 e. The fourth-order valence-corrected chi connectivity index (χ4v) is 1.87. The van der Waals surface area contributed by atoms with Crippen molar-refractivity contribution in [1.82, 2.24) is 0 Å². The Hall–Kier alpha value is -2.02. The SMILES string of the molecule is c1coc(-c2cccc3ccccc23)c1. The summed E-state index contributed by atoms with van der Waals surface area (Å²) in [6.07, 6.45) is 1.71. The van der Waals surface area contributed by atoms with E-state index in [0.717, 1.165) is 11.3 Å². The molecule has 1 nitrogen and oxygen atoms in total. The van der Waals surface area contributed by atoms with E-state index in [4.69, 9.17) is 4.42 Å². The van der Waals surface area contributed by atoms with E-state index in [0.29, 0.717) is 0 Å². The fraction of sp³-hybridized carbons (Fsp3) is 0. The van der Waals surface area contributed by atoms with Crippen LogP contribution in [0.25, 0.3) is 22.1 Å². The van der Waals surface area contributed by atoms with Crippen LogP contribution >= 0.6 is 0 Å². The van der Waals surface area contributed by atoms with Gasteiger partial charge in [0.2, 0.25) is 0 Å². The first-order valence-electron chi connectivity index (χ1n) is 4.97. The summed E-state index contributed by atoms with van der Waals surface area (Å²) >= 11 is 0. The van der Waals surface area contributed by atoms with E-state index in [1.165, 1.54) is 10.8 Å². The van der Waals surface area contributed by atoms with Crippen molar-refractivity contribution in [1.29, 1.82) is 0 Å². The molecular formula is C14H10O. The van der Waals surface area contributed by atoms with Gasteiger partial charge in [-0.1, -0.05) is 42.5 Å². The molecule has 0 aliphatic carbocycles. The molecule has 0 saturated carbocycles. The molecule has 0 aliphatic rings. The fourth-order valence-electron chi connectivity index (χ4n) is 1.87. The first-order valence-corrected chi connectivity index (χ1v) is 4.97. The highest BCUT2D eigenvalue weighted by Crippen LogP contribution is 2.28. The third-order valence-corrected chi connectivity index (χ3v) is 2.58. The molecule has 0 fully saturated rings. The highest BCUT2D eigenvalue weighted by molar-refractivity contribution is 5.95. The molecule has 0 N–H and O–H groups in total. The zero-order chi connectivity index (χ0) is 10.1. The first-order chi connectivity index (χ1) is 7.45. The monoisotopic (exact) mass is 194 g/mol. The van der Waals surface area contributed by atoms with Crippen LogP contribution in [-0.4, -0.2) is 0 Å². The smallest absolute Gasteiger partial charge is 0.134 e. The molecule has 3 rings (SSSR count). The van der Waals surface area contributed by atoms with Gasteiger partial charge in [0.25, 0.3) is 0 Å². The minimum Gasteiger partial charge on any atom is -0.464 e. The topological polar surface area (TPSA) is 13.1 Å². The van der Waals surface area contributed by atoms with Crippen molar-refractivity contribution in [2.45, 2.75) is 0 Å². The van der Waals surface area contributed by atoms with Crippen molar-refractivity contribution >= 4 is 10.8 Å². The lowest BCUT2D eigenvalue weighted by atomic mass is 10.0. The number of benzene rings is 2. The van der Waals surface area contributed by atoms with Gasteiger partial charge in [0.1, 0.15) is 5.76 Å². The van der Waals surface area contributed by atoms with Crippen molar-refractivity contribution in [3.8, 4) is 11.3 Å². The third-order valence-electron chi connectivity index (χ3n) is 2.58. The standard InChI is InChI=1S/C14H10O/c1-2-7-12-11(5-1)6-3-8-13(12)14-9-4-10-15-14/h1-10H. The number of furan rings is 1. The maximum absolute atomic E-state index is 5.43. The van der Waals surface area contributed by atoms with Crippen LogP contribution < -0.4 is 0 Å². The highest BCUT2D eigenvalue weighted by Gasteiger charge is 2.04. The van der Waals surface area contributed by atoms with E-state index in [9.17, 15) is 0 Å². The van der Waals surface area contributed by atoms with Gasteiger partial charge < -0.3 is 4.42 Å². The summed E-state index contributed by atoms with van der Waals surface area (Å²) in [7, 11) is 0. The van der Waals surface area contributed by atoms with Gasteiger partial charge in [0.15, 0.2) is 0 Å². The van der Waals surface area contributed by atoms with Gasteiger partial charge in [-0.15, -0.1) is 0 Å². The van der Waals surface area contributed by atoms with Crippen LogP contribution in [0.5, 0.6) is 0 Å². The maximum Gasteiger partial charge on any atom is 0.134 e. The molecule has 1 aromatic heterocycles. The summed E-state index contributed by atoms with van der Waals surface area (Å²) in [6, 6.07) is 18.5. The lowest BCUT2D eigenvalue weighted by molar-refractivity contribution is 0.583. The molecule has 3 aromatic rings. The molecule has 0 bridgehead atoms. The Labute approximate surface area is 88.0 Å². The van der Waals surface area contributed by atoms with Crippen LogP contribution in [-0.2, 0) is 0 Å². The number of hydrogen-bond donors (Lipinski definition) is 0. The Balaban J connectivity index is 2.36. The maximum atomic E-state index is 5.43. The van der Waals surface area contributed by atoms with E-state index >= 15 is 0 Å². The average Bonchev–Trinajstić information content (AvgIpc) is 2.82. The Morgan fingerprint density at radius 2 is 1.60 bits per heavy atom. The number of fused-ring (bicyclic) bond motifs is 1. The Kier molecular flexibility index (Phi) is 1.82. The summed E-state index contributed by atoms with van der Waals surface area (Å²) in [5.74, 6) is 0.923. The van der Waals surface area contributed by atoms with Gasteiger partial charge in [-0.05, 0) is 22.9 Å². The molecule has 0 spiro atoms. The van der Waals surface area contributed by atoms with E-state index in [1.54, 1.807) is 6.26 Å². The van der Waals surface area contributed by atoms with Crippen LogP contribution in [0.3, 0.4) is 0 Å². The number of rotatable bonds is 1. The summed E-state index contributed by atoms with van der Waals surface area (Å²) in [5.41, 5.74) is 1.15. The van der Waals surface area contributed by atoms with Crippen LogP contribution in [0.1, 0.15) is 0 Å². The van der Waals surface area contributed by atoms with E-state index < -0.39 is 0 Å². The van der Waals surface area contributed by atoms with E-state index in [1.807, 2.05) is 18.2 Å². The second-order valence-corrected chi connectivity index (χ2v) is 3.50. The van der Waals surface area contributed by atoms with Crippen molar-refractivity contribution in [3.63, 3.8) is 0 Å². The van der Waals surface area contributed by atoms with Gasteiger partial charge in [-0.25, -0.2) is 0 Å². The molecule has 0 unspecified atom stereocenters. The molecule has 0 atom stereocenters. The Morgan fingerprint density at radius 1 is 0.733 bits per heavy atom. The molecule has 1 heterocycles. The van der Waals surface area contributed by atoms with Crippen molar-refractivity contribution in [2.24, 2.45) is 0 Å². The predicted octanol–water partition coefficient (Wildman–Crippen LogP) is 4.10. The molecule has 0 radical (unpaired) electrons. The quantitative estimate of drug-likeness (QED) is 0.568. The normalized spacial score (nSPS) is 10.7. The van der Waals surface area contributed by atoms with Crippen molar-refractivity contribution < 1.29 is 4.42 Å². The van der Waals surface area contributed by atoms with Gasteiger partial charge in [-0.3, -0.25) is 0 Å². The van der Waals surface area contributed by atoms with Gasteiger partial charge in [0, 0.05) is 5.56 Å². The minimum atomic E-state index is 0.923. The first kappa shape index (κ1) is 8.30. The summed E-state index contributed by atoms with van der Waals surface area (Å²) in [5, 5.41) is 2.47. The Morgan fingerprint density at radius 3 is 2.47 bits per heavy atom. The molecule has 15 heavy (non-hydrogen) atoms. The van der Waals surface area contributed by atoms with Crippen LogP contribution in [0.15, 0.2) is 65.3 Å².